The van der Waals surface area contributed by atoms with E-state index >= 15 is 4.79 Å². The fourth-order valence-corrected chi connectivity index (χ4v) is 7.82. The van der Waals surface area contributed by atoms with Gasteiger partial charge in [0, 0.05) is 59.8 Å². The molecule has 7 heteroatoms. The molecule has 7 aromatic carbocycles. The number of nitrogens with zero attached hydrogens (tertiary/aromatic N) is 3. The topological polar surface area (TPSA) is 65.5 Å². The van der Waals surface area contributed by atoms with Gasteiger partial charge in [0.1, 0.15) is 17.2 Å². The quantitative estimate of drug-likeness (QED) is 0.168. The van der Waals surface area contributed by atoms with Gasteiger partial charge < -0.3 is 24.4 Å². The van der Waals surface area contributed by atoms with Crippen LogP contribution in [0.15, 0.2) is 164 Å². The first-order valence-electron chi connectivity index (χ1n) is 19.0. The largest absolute Gasteiger partial charge is 0.506 e. The van der Waals surface area contributed by atoms with E-state index in [0.717, 1.165) is 76.2 Å². The van der Waals surface area contributed by atoms with Crippen molar-refractivity contribution in [2.75, 3.05) is 48.0 Å². The molecule has 1 saturated heterocycles. The summed E-state index contributed by atoms with van der Waals surface area (Å²) in [6.07, 6.45) is 2.81. The van der Waals surface area contributed by atoms with Crippen LogP contribution in [0, 0.1) is 0 Å². The molecule has 1 amide bonds. The Bertz CT molecular complexity index is 2530. The first kappa shape index (κ1) is 34.8. The van der Waals surface area contributed by atoms with E-state index in [-0.39, 0.29) is 11.7 Å². The summed E-state index contributed by atoms with van der Waals surface area (Å²) in [7, 11) is 1.68. The number of rotatable bonds is 8. The van der Waals surface area contributed by atoms with Crippen molar-refractivity contribution in [1.29, 1.82) is 0 Å². The summed E-state index contributed by atoms with van der Waals surface area (Å²) >= 11 is 0. The molecule has 2 aliphatic rings. The normalized spacial score (nSPS) is 14.9. The SMILES string of the molecule is COc1ccc(N2CCN(c3ccc(N(C(=O)C4C=Cc5ccc6ccccc6c5O4)c4c(O)cc(-c5ccccc5)cc4-c4ccccc4)cc3)CC2)cc1. The van der Waals surface area contributed by atoms with Crippen LogP contribution in [-0.4, -0.2) is 50.4 Å². The average molecular weight is 736 g/mol. The number of anilines is 4. The number of carbonyl (C=O) groups excluding carboxylic acids is 1. The van der Waals surface area contributed by atoms with E-state index in [4.69, 9.17) is 9.47 Å². The van der Waals surface area contributed by atoms with Crippen molar-refractivity contribution in [2.24, 2.45) is 0 Å². The predicted molar refractivity (Wildman–Crippen MR) is 227 cm³/mol. The van der Waals surface area contributed by atoms with Gasteiger partial charge in [-0.2, -0.15) is 0 Å². The number of benzene rings is 7. The third-order valence-corrected chi connectivity index (χ3v) is 10.8. The fraction of sp³-hybridized carbons (Fsp3) is 0.122. The highest BCUT2D eigenvalue weighted by atomic mass is 16.5. The molecule has 0 spiro atoms. The zero-order valence-electron chi connectivity index (χ0n) is 31.1. The standard InChI is InChI=1S/C49H41N3O4/c1-55-42-25-23-40(24-26-42)51-30-28-50(29-31-51)39-19-21-41(22-20-39)52(49(54)46-27-18-37-17-16-36-14-8-9-15-43(36)48(37)56-46)47-44(35-12-6-3-7-13-35)32-38(33-45(47)53)34-10-4-2-5-11-34/h2-27,32-33,46,53H,28-31H2,1H3. The minimum absolute atomic E-state index is 0.0112. The summed E-state index contributed by atoms with van der Waals surface area (Å²) in [6, 6.07) is 52.1. The lowest BCUT2D eigenvalue weighted by Crippen LogP contribution is -2.46. The Morgan fingerprint density at radius 1 is 0.679 bits per heavy atom. The number of phenolic OH excluding ortho intramolecular Hbond substituents is 1. The number of amides is 1. The molecule has 0 bridgehead atoms. The van der Waals surface area contributed by atoms with Gasteiger partial charge in [-0.15, -0.1) is 0 Å². The lowest BCUT2D eigenvalue weighted by atomic mass is 9.95. The molecule has 0 aromatic heterocycles. The van der Waals surface area contributed by atoms with Crippen molar-refractivity contribution in [3.63, 3.8) is 0 Å². The molecule has 0 aliphatic carbocycles. The molecule has 7 aromatic rings. The molecular weight excluding hydrogens is 695 g/mol. The lowest BCUT2D eigenvalue weighted by Gasteiger charge is -2.37. The number of phenols is 1. The van der Waals surface area contributed by atoms with Crippen LogP contribution in [0.1, 0.15) is 5.56 Å². The van der Waals surface area contributed by atoms with E-state index < -0.39 is 6.10 Å². The number of hydrogen-bond donors (Lipinski definition) is 1. The Kier molecular flexibility index (Phi) is 9.33. The molecule has 0 saturated carbocycles. The van der Waals surface area contributed by atoms with Crippen LogP contribution in [-0.2, 0) is 4.79 Å². The second-order valence-corrected chi connectivity index (χ2v) is 14.1. The predicted octanol–water partition coefficient (Wildman–Crippen LogP) is 10.4. The smallest absolute Gasteiger partial charge is 0.276 e. The Morgan fingerprint density at radius 2 is 1.29 bits per heavy atom. The van der Waals surface area contributed by atoms with Gasteiger partial charge in [-0.05, 0) is 88.8 Å². The van der Waals surface area contributed by atoms with Gasteiger partial charge >= 0.3 is 0 Å². The van der Waals surface area contributed by atoms with Crippen LogP contribution in [0.4, 0.5) is 22.7 Å². The van der Waals surface area contributed by atoms with Crippen LogP contribution < -0.4 is 24.2 Å². The van der Waals surface area contributed by atoms with E-state index in [1.54, 1.807) is 24.2 Å². The molecule has 0 radical (unpaired) electrons. The van der Waals surface area contributed by atoms with E-state index in [2.05, 4.69) is 46.2 Å². The average Bonchev–Trinajstić information content (AvgIpc) is 3.27. The van der Waals surface area contributed by atoms with Crippen LogP contribution in [0.2, 0.25) is 0 Å². The second kappa shape index (κ2) is 15.0. The number of fused-ring (bicyclic) bond motifs is 3. The van der Waals surface area contributed by atoms with Gasteiger partial charge in [-0.25, -0.2) is 0 Å². The molecule has 1 unspecified atom stereocenters. The van der Waals surface area contributed by atoms with Crippen LogP contribution in [0.25, 0.3) is 39.1 Å². The maximum absolute atomic E-state index is 15.1. The number of aromatic hydroxyl groups is 1. The Labute approximate surface area is 326 Å². The summed E-state index contributed by atoms with van der Waals surface area (Å²) in [6.45, 7) is 3.45. The number of ether oxygens (including phenoxy) is 2. The highest BCUT2D eigenvalue weighted by molar-refractivity contribution is 6.10. The number of methoxy groups -OCH3 is 1. The summed E-state index contributed by atoms with van der Waals surface area (Å²) < 4.78 is 12.0. The Hall–Kier alpha value is -6.99. The maximum Gasteiger partial charge on any atom is 0.276 e. The van der Waals surface area contributed by atoms with Crippen LogP contribution in [0.5, 0.6) is 17.2 Å². The van der Waals surface area contributed by atoms with Gasteiger partial charge in [0.2, 0.25) is 0 Å². The van der Waals surface area contributed by atoms with Crippen molar-refractivity contribution in [3.05, 3.63) is 169 Å². The molecule has 1 fully saturated rings. The molecule has 56 heavy (non-hydrogen) atoms. The third kappa shape index (κ3) is 6.69. The van der Waals surface area contributed by atoms with E-state index in [1.165, 1.54) is 5.69 Å². The van der Waals surface area contributed by atoms with Gasteiger partial charge in [0.25, 0.3) is 5.91 Å². The van der Waals surface area contributed by atoms with Crippen LogP contribution >= 0.6 is 0 Å². The van der Waals surface area contributed by atoms with E-state index in [9.17, 15) is 5.11 Å². The molecule has 7 nitrogen and oxygen atoms in total. The van der Waals surface area contributed by atoms with Gasteiger partial charge in [-0.1, -0.05) is 103 Å². The lowest BCUT2D eigenvalue weighted by molar-refractivity contribution is -0.122. The third-order valence-electron chi connectivity index (χ3n) is 10.8. The van der Waals surface area contributed by atoms with Crippen molar-refractivity contribution in [1.82, 2.24) is 0 Å². The summed E-state index contributed by atoms with van der Waals surface area (Å²) in [5.74, 6) is 1.18. The van der Waals surface area contributed by atoms with Crippen LogP contribution in [0.3, 0.4) is 0 Å². The van der Waals surface area contributed by atoms with Crippen molar-refractivity contribution in [3.8, 4) is 39.5 Å². The molecule has 1 N–H and O–H groups in total. The molecule has 1 atom stereocenters. The first-order valence-corrected chi connectivity index (χ1v) is 19.0. The van der Waals surface area contributed by atoms with Crippen molar-refractivity contribution < 1.29 is 19.4 Å². The molecule has 276 valence electrons. The molecule has 2 aliphatic heterocycles. The summed E-state index contributed by atoms with van der Waals surface area (Å²) in [5.41, 5.74) is 7.57. The molecule has 9 rings (SSSR count). The highest BCUT2D eigenvalue weighted by Gasteiger charge is 2.33. The van der Waals surface area contributed by atoms with E-state index in [0.29, 0.717) is 17.1 Å². The van der Waals surface area contributed by atoms with E-state index in [1.807, 2.05) is 121 Å². The first-order chi connectivity index (χ1) is 27.5. The summed E-state index contributed by atoms with van der Waals surface area (Å²) in [4.78, 5) is 21.5. The monoisotopic (exact) mass is 735 g/mol. The minimum atomic E-state index is -0.948. The number of carbonyl (C=O) groups is 1. The van der Waals surface area contributed by atoms with Gasteiger partial charge in [0.15, 0.2) is 6.10 Å². The minimum Gasteiger partial charge on any atom is -0.506 e. The Morgan fingerprint density at radius 3 is 1.95 bits per heavy atom. The highest BCUT2D eigenvalue weighted by Crippen LogP contribution is 2.46. The summed E-state index contributed by atoms with van der Waals surface area (Å²) in [5, 5.41) is 14.1. The van der Waals surface area contributed by atoms with Gasteiger partial charge in [0.05, 0.1) is 12.8 Å². The Balaban J connectivity index is 1.10. The van der Waals surface area contributed by atoms with Gasteiger partial charge in [-0.3, -0.25) is 9.69 Å². The zero-order valence-corrected chi connectivity index (χ0v) is 31.1. The second-order valence-electron chi connectivity index (χ2n) is 14.1. The van der Waals surface area contributed by atoms with Crippen molar-refractivity contribution >= 4 is 45.5 Å². The maximum atomic E-state index is 15.1. The number of hydrogen-bond acceptors (Lipinski definition) is 6. The molecule has 2 heterocycles. The number of piperazine rings is 1. The fourth-order valence-electron chi connectivity index (χ4n) is 7.82. The molecular formula is C49H41N3O4. The van der Waals surface area contributed by atoms with Crippen molar-refractivity contribution in [2.45, 2.75) is 6.10 Å². The zero-order chi connectivity index (χ0) is 38.0.